The lowest BCUT2D eigenvalue weighted by Gasteiger charge is -2.09. The predicted molar refractivity (Wildman–Crippen MR) is 64.4 cm³/mol. The predicted octanol–water partition coefficient (Wildman–Crippen LogP) is 0.815. The Morgan fingerprint density at radius 3 is 2.82 bits per heavy atom. The maximum Gasteiger partial charge on any atom is 0.249 e. The molecular formula is C13H17NO3. The van der Waals surface area contributed by atoms with Crippen molar-refractivity contribution >= 4 is 12.2 Å². The van der Waals surface area contributed by atoms with Crippen molar-refractivity contribution in [2.24, 2.45) is 0 Å². The normalized spacial score (nSPS) is 11.9. The first-order chi connectivity index (χ1) is 8.17. The van der Waals surface area contributed by atoms with Gasteiger partial charge in [-0.15, -0.1) is 0 Å². The molecule has 0 saturated carbocycles. The molecule has 17 heavy (non-hydrogen) atoms. The van der Waals surface area contributed by atoms with Gasteiger partial charge in [0.25, 0.3) is 0 Å². The van der Waals surface area contributed by atoms with Crippen LogP contribution in [0, 0.1) is 0 Å². The van der Waals surface area contributed by atoms with Crippen molar-refractivity contribution in [3.63, 3.8) is 0 Å². The average molecular weight is 235 g/mol. The molecule has 1 aromatic carbocycles. The zero-order chi connectivity index (χ0) is 12.7. The molecule has 0 heterocycles. The van der Waals surface area contributed by atoms with E-state index < -0.39 is 12.0 Å². The molecule has 0 aliphatic heterocycles. The highest BCUT2D eigenvalue weighted by Crippen LogP contribution is 2.05. The smallest absolute Gasteiger partial charge is 0.249 e. The lowest BCUT2D eigenvalue weighted by atomic mass is 10.1. The molecule has 92 valence electrons. The second kappa shape index (κ2) is 6.81. The Morgan fingerprint density at radius 1 is 1.47 bits per heavy atom. The zero-order valence-electron chi connectivity index (χ0n) is 9.85. The number of aryl methyl sites for hydroxylation is 1. The Kier molecular flexibility index (Phi) is 5.36. The van der Waals surface area contributed by atoms with Crippen LogP contribution in [0.2, 0.25) is 0 Å². The third-order valence-electron chi connectivity index (χ3n) is 2.49. The Labute approximate surface area is 101 Å². The maximum atomic E-state index is 11.3. The number of benzene rings is 1. The van der Waals surface area contributed by atoms with Crippen molar-refractivity contribution in [2.45, 2.75) is 32.4 Å². The number of nitrogens with one attached hydrogen (secondary N) is 1. The molecule has 4 nitrogen and oxygen atoms in total. The Balaban J connectivity index is 2.49. The van der Waals surface area contributed by atoms with Crippen LogP contribution in [0.3, 0.4) is 0 Å². The van der Waals surface area contributed by atoms with Crippen molar-refractivity contribution in [1.82, 2.24) is 5.32 Å². The Bertz CT molecular complexity index is 390. The van der Waals surface area contributed by atoms with Crippen LogP contribution >= 0.6 is 0 Å². The molecule has 1 amide bonds. The fraction of sp³-hybridized carbons (Fsp3) is 0.385. The molecular weight excluding hydrogens is 218 g/mol. The molecule has 1 rings (SSSR count). The monoisotopic (exact) mass is 235 g/mol. The van der Waals surface area contributed by atoms with Gasteiger partial charge in [-0.05, 0) is 17.5 Å². The number of amides is 1. The number of rotatable bonds is 6. The van der Waals surface area contributed by atoms with Crippen LogP contribution in [0.5, 0.6) is 0 Å². The first kappa shape index (κ1) is 13.4. The van der Waals surface area contributed by atoms with Crippen LogP contribution < -0.4 is 5.32 Å². The summed E-state index contributed by atoms with van der Waals surface area (Å²) in [5.74, 6) is -0.515. The average Bonchev–Trinajstić information content (AvgIpc) is 2.36. The Morgan fingerprint density at radius 2 is 2.18 bits per heavy atom. The van der Waals surface area contributed by atoms with E-state index in [4.69, 9.17) is 0 Å². The molecule has 0 radical (unpaired) electrons. The first-order valence-electron chi connectivity index (χ1n) is 5.64. The molecule has 2 N–H and O–H groups in total. The molecule has 4 heteroatoms. The summed E-state index contributed by atoms with van der Waals surface area (Å²) in [4.78, 5) is 21.5. The standard InChI is InChI=1S/C13H17NO3/c1-2-10-4-3-5-11(8-10)9-14-13(17)12(16)6-7-15/h3-5,7-8,12,16H,2,6,9H2,1H3,(H,14,17). The van der Waals surface area contributed by atoms with Gasteiger partial charge in [0.2, 0.25) is 5.91 Å². The maximum absolute atomic E-state index is 11.3. The van der Waals surface area contributed by atoms with E-state index in [-0.39, 0.29) is 6.42 Å². The summed E-state index contributed by atoms with van der Waals surface area (Å²) in [6, 6.07) is 7.87. The van der Waals surface area contributed by atoms with Crippen molar-refractivity contribution in [3.8, 4) is 0 Å². The van der Waals surface area contributed by atoms with Gasteiger partial charge in [-0.2, -0.15) is 0 Å². The molecule has 0 aromatic heterocycles. The number of hydrogen-bond acceptors (Lipinski definition) is 3. The van der Waals surface area contributed by atoms with Crippen LogP contribution in [0.15, 0.2) is 24.3 Å². The van der Waals surface area contributed by atoms with Gasteiger partial charge in [0.15, 0.2) is 0 Å². The molecule has 0 spiro atoms. The van der Waals surface area contributed by atoms with E-state index in [0.29, 0.717) is 12.8 Å². The van der Waals surface area contributed by atoms with Gasteiger partial charge in [0.05, 0.1) is 0 Å². The van der Waals surface area contributed by atoms with Gasteiger partial charge in [0, 0.05) is 13.0 Å². The molecule has 0 aliphatic carbocycles. The fourth-order valence-corrected chi connectivity index (χ4v) is 1.46. The molecule has 1 aromatic rings. The summed E-state index contributed by atoms with van der Waals surface area (Å²) in [5.41, 5.74) is 2.18. The SMILES string of the molecule is CCc1cccc(CNC(=O)C(O)CC=O)c1. The minimum absolute atomic E-state index is 0.166. The molecule has 1 unspecified atom stereocenters. The van der Waals surface area contributed by atoms with Gasteiger partial charge in [-0.25, -0.2) is 0 Å². The lowest BCUT2D eigenvalue weighted by molar-refractivity contribution is -0.131. The van der Waals surface area contributed by atoms with E-state index in [9.17, 15) is 14.7 Å². The first-order valence-corrected chi connectivity index (χ1v) is 5.64. The second-order valence-electron chi connectivity index (χ2n) is 3.81. The van der Waals surface area contributed by atoms with Gasteiger partial charge in [-0.3, -0.25) is 4.79 Å². The van der Waals surface area contributed by atoms with E-state index in [2.05, 4.69) is 12.2 Å². The Hall–Kier alpha value is -1.68. The fourth-order valence-electron chi connectivity index (χ4n) is 1.46. The van der Waals surface area contributed by atoms with Crippen molar-refractivity contribution in [2.75, 3.05) is 0 Å². The van der Waals surface area contributed by atoms with Crippen molar-refractivity contribution < 1.29 is 14.7 Å². The largest absolute Gasteiger partial charge is 0.383 e. The van der Waals surface area contributed by atoms with E-state index in [0.717, 1.165) is 12.0 Å². The number of aldehydes is 1. The van der Waals surface area contributed by atoms with Crippen LogP contribution in [-0.2, 0) is 22.6 Å². The number of aliphatic hydroxyl groups is 1. The molecule has 0 bridgehead atoms. The quantitative estimate of drug-likeness (QED) is 0.717. The summed E-state index contributed by atoms with van der Waals surface area (Å²) in [6.07, 6.45) is 0.0556. The number of aliphatic hydroxyl groups excluding tert-OH is 1. The van der Waals surface area contributed by atoms with Gasteiger partial charge >= 0.3 is 0 Å². The van der Waals surface area contributed by atoms with E-state index in [1.165, 1.54) is 5.56 Å². The summed E-state index contributed by atoms with van der Waals surface area (Å²) in [6.45, 7) is 2.42. The number of carbonyl (C=O) groups excluding carboxylic acids is 2. The number of hydrogen-bond donors (Lipinski definition) is 2. The minimum atomic E-state index is -1.25. The molecule has 0 fully saturated rings. The van der Waals surface area contributed by atoms with Gasteiger partial charge < -0.3 is 15.2 Å². The highest BCUT2D eigenvalue weighted by molar-refractivity contribution is 5.82. The van der Waals surface area contributed by atoms with Crippen LogP contribution in [0.25, 0.3) is 0 Å². The lowest BCUT2D eigenvalue weighted by Crippen LogP contribution is -2.34. The highest BCUT2D eigenvalue weighted by Gasteiger charge is 2.13. The van der Waals surface area contributed by atoms with Crippen LogP contribution in [-0.4, -0.2) is 23.4 Å². The summed E-state index contributed by atoms with van der Waals surface area (Å²) in [5, 5.41) is 11.8. The van der Waals surface area contributed by atoms with E-state index >= 15 is 0 Å². The molecule has 0 saturated heterocycles. The zero-order valence-corrected chi connectivity index (χ0v) is 9.85. The van der Waals surface area contributed by atoms with Gasteiger partial charge in [-0.1, -0.05) is 31.2 Å². The third-order valence-corrected chi connectivity index (χ3v) is 2.49. The summed E-state index contributed by atoms with van der Waals surface area (Å²) < 4.78 is 0. The second-order valence-corrected chi connectivity index (χ2v) is 3.81. The van der Waals surface area contributed by atoms with Crippen LogP contribution in [0.1, 0.15) is 24.5 Å². The van der Waals surface area contributed by atoms with Crippen molar-refractivity contribution in [3.05, 3.63) is 35.4 Å². The number of carbonyl (C=O) groups is 2. The van der Waals surface area contributed by atoms with E-state index in [1.807, 2.05) is 24.3 Å². The molecule has 0 aliphatic rings. The van der Waals surface area contributed by atoms with E-state index in [1.54, 1.807) is 0 Å². The summed E-state index contributed by atoms with van der Waals surface area (Å²) >= 11 is 0. The van der Waals surface area contributed by atoms with Gasteiger partial charge in [0.1, 0.15) is 12.4 Å². The summed E-state index contributed by atoms with van der Waals surface area (Å²) in [7, 11) is 0. The molecule has 1 atom stereocenters. The minimum Gasteiger partial charge on any atom is -0.383 e. The highest BCUT2D eigenvalue weighted by atomic mass is 16.3. The van der Waals surface area contributed by atoms with Crippen LogP contribution in [0.4, 0.5) is 0 Å². The third kappa shape index (κ3) is 4.36. The van der Waals surface area contributed by atoms with Crippen molar-refractivity contribution in [1.29, 1.82) is 0 Å². The topological polar surface area (TPSA) is 66.4 Å².